The van der Waals surface area contributed by atoms with Gasteiger partial charge in [-0.25, -0.2) is 4.39 Å². The molecular formula is C17H25FN2. The van der Waals surface area contributed by atoms with Crippen LogP contribution in [0.4, 0.5) is 4.39 Å². The predicted molar refractivity (Wildman–Crippen MR) is 80.4 cm³/mol. The van der Waals surface area contributed by atoms with Gasteiger partial charge in [-0.3, -0.25) is 4.90 Å². The summed E-state index contributed by atoms with van der Waals surface area (Å²) in [6, 6.07) is 8.35. The van der Waals surface area contributed by atoms with Crippen molar-refractivity contribution < 1.29 is 4.39 Å². The van der Waals surface area contributed by atoms with Crippen molar-refractivity contribution in [3.8, 4) is 0 Å². The average Bonchev–Trinajstić information content (AvgIpc) is 2.90. The highest BCUT2D eigenvalue weighted by Gasteiger charge is 2.30. The summed E-state index contributed by atoms with van der Waals surface area (Å²) in [7, 11) is 0. The number of benzene rings is 1. The van der Waals surface area contributed by atoms with E-state index >= 15 is 0 Å². The summed E-state index contributed by atoms with van der Waals surface area (Å²) in [4.78, 5) is 2.58. The van der Waals surface area contributed by atoms with Crippen LogP contribution in [0.2, 0.25) is 0 Å². The Hall–Kier alpha value is -0.930. The number of halogens is 1. The summed E-state index contributed by atoms with van der Waals surface area (Å²) in [6.07, 6.45) is 5.01. The van der Waals surface area contributed by atoms with Crippen molar-refractivity contribution in [2.75, 3.05) is 19.6 Å². The zero-order chi connectivity index (χ0) is 13.9. The van der Waals surface area contributed by atoms with Crippen molar-refractivity contribution >= 4 is 0 Å². The number of hydrogen-bond donors (Lipinski definition) is 1. The molecule has 0 spiro atoms. The molecule has 1 saturated heterocycles. The molecule has 1 aliphatic carbocycles. The van der Waals surface area contributed by atoms with E-state index in [1.165, 1.54) is 32.0 Å². The molecule has 2 nitrogen and oxygen atoms in total. The van der Waals surface area contributed by atoms with Gasteiger partial charge in [0.15, 0.2) is 0 Å². The summed E-state index contributed by atoms with van der Waals surface area (Å²) >= 11 is 0. The van der Waals surface area contributed by atoms with Gasteiger partial charge in [-0.15, -0.1) is 0 Å². The van der Waals surface area contributed by atoms with Gasteiger partial charge in [0.05, 0.1) is 0 Å². The highest BCUT2D eigenvalue weighted by molar-refractivity contribution is 5.23. The highest BCUT2D eigenvalue weighted by atomic mass is 19.1. The molecule has 2 fully saturated rings. The molecule has 1 aliphatic heterocycles. The first-order valence-electron chi connectivity index (χ1n) is 7.95. The predicted octanol–water partition coefficient (Wildman–Crippen LogP) is 3.15. The monoisotopic (exact) mass is 276 g/mol. The van der Waals surface area contributed by atoms with E-state index in [0.717, 1.165) is 24.9 Å². The van der Waals surface area contributed by atoms with Crippen molar-refractivity contribution in [3.63, 3.8) is 0 Å². The van der Waals surface area contributed by atoms with E-state index in [1.807, 2.05) is 6.07 Å². The molecule has 0 amide bonds. The minimum absolute atomic E-state index is 0.110. The molecule has 0 bridgehead atoms. The zero-order valence-electron chi connectivity index (χ0n) is 12.3. The van der Waals surface area contributed by atoms with Crippen LogP contribution < -0.4 is 5.32 Å². The lowest BCUT2D eigenvalue weighted by molar-refractivity contribution is 0.219. The molecule has 1 saturated carbocycles. The fraction of sp³-hybridized carbons (Fsp3) is 0.647. The zero-order valence-corrected chi connectivity index (χ0v) is 12.3. The van der Waals surface area contributed by atoms with Gasteiger partial charge in [-0.05, 0) is 69.3 Å². The topological polar surface area (TPSA) is 15.3 Å². The Kier molecular flexibility index (Phi) is 4.37. The Morgan fingerprint density at radius 3 is 2.75 bits per heavy atom. The number of nitrogens with zero attached hydrogens (tertiary/aromatic N) is 1. The van der Waals surface area contributed by atoms with Crippen LogP contribution in [-0.4, -0.2) is 36.6 Å². The van der Waals surface area contributed by atoms with Gasteiger partial charge in [-0.2, -0.15) is 0 Å². The Balaban J connectivity index is 1.40. The first-order valence-corrected chi connectivity index (χ1v) is 7.95. The molecule has 1 aromatic carbocycles. The maximum Gasteiger partial charge on any atom is 0.123 e. The van der Waals surface area contributed by atoms with Crippen LogP contribution in [0.1, 0.15) is 44.1 Å². The third-order valence-electron chi connectivity index (χ3n) is 4.92. The molecule has 1 N–H and O–H groups in total. The Morgan fingerprint density at radius 2 is 2.05 bits per heavy atom. The molecular weight excluding hydrogens is 251 g/mol. The van der Waals surface area contributed by atoms with Crippen LogP contribution in [0.5, 0.6) is 0 Å². The minimum Gasteiger partial charge on any atom is -0.312 e. The van der Waals surface area contributed by atoms with Gasteiger partial charge in [0.1, 0.15) is 5.82 Å². The van der Waals surface area contributed by atoms with Crippen LogP contribution in [0.3, 0.4) is 0 Å². The van der Waals surface area contributed by atoms with Crippen LogP contribution in [0.25, 0.3) is 0 Å². The number of rotatable bonds is 5. The van der Waals surface area contributed by atoms with Crippen LogP contribution >= 0.6 is 0 Å². The van der Waals surface area contributed by atoms with Crippen LogP contribution in [0.15, 0.2) is 24.3 Å². The Morgan fingerprint density at radius 1 is 1.30 bits per heavy atom. The quantitative estimate of drug-likeness (QED) is 0.889. The Bertz CT molecular complexity index is 436. The molecule has 1 aromatic rings. The number of nitrogens with one attached hydrogen (secondary N) is 1. The molecule has 3 heteroatoms. The van der Waals surface area contributed by atoms with E-state index in [9.17, 15) is 4.39 Å². The lowest BCUT2D eigenvalue weighted by Gasteiger charge is -2.38. The summed E-state index contributed by atoms with van der Waals surface area (Å²) < 4.78 is 13.2. The summed E-state index contributed by atoms with van der Waals surface area (Å²) in [6.45, 7) is 5.93. The molecule has 0 aromatic heterocycles. The van der Waals surface area contributed by atoms with Crippen LogP contribution in [-0.2, 0) is 0 Å². The Labute approximate surface area is 121 Å². The molecule has 0 radical (unpaired) electrons. The second-order valence-corrected chi connectivity index (χ2v) is 6.42. The van der Waals surface area contributed by atoms with Crippen LogP contribution in [0, 0.1) is 5.82 Å². The third-order valence-corrected chi connectivity index (χ3v) is 4.92. The third kappa shape index (κ3) is 3.21. The molecule has 1 atom stereocenters. The summed E-state index contributed by atoms with van der Waals surface area (Å²) in [5.41, 5.74) is 1.16. The normalized spacial score (nSPS) is 28.3. The van der Waals surface area contributed by atoms with E-state index < -0.39 is 0 Å². The van der Waals surface area contributed by atoms with Crippen molar-refractivity contribution in [2.45, 2.75) is 50.6 Å². The first-order chi connectivity index (χ1) is 9.72. The second kappa shape index (κ2) is 6.23. The van der Waals surface area contributed by atoms with Gasteiger partial charge in [0.25, 0.3) is 0 Å². The molecule has 2 aliphatic rings. The van der Waals surface area contributed by atoms with Gasteiger partial charge < -0.3 is 5.32 Å². The van der Waals surface area contributed by atoms with Crippen molar-refractivity contribution in [2.24, 2.45) is 0 Å². The lowest BCUT2D eigenvalue weighted by atomic mass is 9.76. The molecule has 110 valence electrons. The van der Waals surface area contributed by atoms with Crippen molar-refractivity contribution in [1.82, 2.24) is 10.2 Å². The van der Waals surface area contributed by atoms with E-state index in [1.54, 1.807) is 6.07 Å². The van der Waals surface area contributed by atoms with Gasteiger partial charge in [0, 0.05) is 18.6 Å². The minimum atomic E-state index is -0.110. The lowest BCUT2D eigenvalue weighted by Crippen LogP contribution is -2.46. The molecule has 20 heavy (non-hydrogen) atoms. The van der Waals surface area contributed by atoms with Crippen molar-refractivity contribution in [3.05, 3.63) is 35.6 Å². The first kappa shape index (κ1) is 14.0. The SMILES string of the molecule is CC(CNC1CC(c2cccc(F)c2)C1)N1CCCC1. The maximum absolute atomic E-state index is 13.2. The second-order valence-electron chi connectivity index (χ2n) is 6.42. The smallest absolute Gasteiger partial charge is 0.123 e. The molecule has 1 heterocycles. The maximum atomic E-state index is 13.2. The van der Waals surface area contributed by atoms with E-state index in [2.05, 4.69) is 23.2 Å². The highest BCUT2D eigenvalue weighted by Crippen LogP contribution is 2.37. The average molecular weight is 276 g/mol. The number of hydrogen-bond acceptors (Lipinski definition) is 2. The fourth-order valence-corrected chi connectivity index (χ4v) is 3.47. The molecule has 1 unspecified atom stereocenters. The summed E-state index contributed by atoms with van der Waals surface area (Å²) in [5.74, 6) is 0.437. The molecule has 3 rings (SSSR count). The standard InChI is InChI=1S/C17H25FN2/c1-13(20-7-2-3-8-20)12-19-17-10-15(11-17)14-5-4-6-16(18)9-14/h4-6,9,13,15,17,19H,2-3,7-8,10-12H2,1H3. The van der Waals surface area contributed by atoms with Crippen molar-refractivity contribution in [1.29, 1.82) is 0 Å². The van der Waals surface area contributed by atoms with Gasteiger partial charge in [0.2, 0.25) is 0 Å². The van der Waals surface area contributed by atoms with E-state index in [4.69, 9.17) is 0 Å². The largest absolute Gasteiger partial charge is 0.312 e. The van der Waals surface area contributed by atoms with E-state index in [0.29, 0.717) is 18.0 Å². The van der Waals surface area contributed by atoms with E-state index in [-0.39, 0.29) is 5.82 Å². The fourth-order valence-electron chi connectivity index (χ4n) is 3.47. The van der Waals surface area contributed by atoms with Gasteiger partial charge >= 0.3 is 0 Å². The number of likely N-dealkylation sites (tertiary alicyclic amines) is 1. The summed E-state index contributed by atoms with van der Waals surface area (Å²) in [5, 5.41) is 3.67. The van der Waals surface area contributed by atoms with Gasteiger partial charge in [-0.1, -0.05) is 12.1 Å².